The number of benzene rings is 2. The van der Waals surface area contributed by atoms with Gasteiger partial charge >= 0.3 is 0 Å². The maximum Gasteiger partial charge on any atom is 0.268 e. The van der Waals surface area contributed by atoms with E-state index in [1.807, 2.05) is 36.3 Å². The molecule has 0 saturated carbocycles. The number of phenols is 1. The Morgan fingerprint density at radius 1 is 0.848 bits per heavy atom. The van der Waals surface area contributed by atoms with Gasteiger partial charge in [0.15, 0.2) is 0 Å². The summed E-state index contributed by atoms with van der Waals surface area (Å²) in [4.78, 5) is 27.3. The van der Waals surface area contributed by atoms with E-state index in [2.05, 4.69) is 4.90 Å². The summed E-state index contributed by atoms with van der Waals surface area (Å²) in [6.45, 7) is 2.80. The second kappa shape index (κ2) is 10.5. The topological polar surface area (TPSA) is 76.7 Å². The largest absolute Gasteiger partial charge is 0.508 e. The molecule has 2 aromatic heterocycles. The average molecular weight is 488 g/mol. The van der Waals surface area contributed by atoms with E-state index in [0.717, 1.165) is 52.8 Å². The highest BCUT2D eigenvalue weighted by atomic mass is 32.1. The summed E-state index contributed by atoms with van der Waals surface area (Å²) in [6, 6.07) is 10.7. The summed E-state index contributed by atoms with van der Waals surface area (Å²) in [5.74, 6) is 0.854. The molecule has 0 aliphatic rings. The molecule has 4 aromatic rings. The van der Waals surface area contributed by atoms with Crippen LogP contribution in [0.15, 0.2) is 46.0 Å². The Labute approximate surface area is 200 Å². The fraction of sp³-hybridized carbons (Fsp3) is 0.417. The first kappa shape index (κ1) is 23.5. The molecule has 0 bridgehead atoms. The van der Waals surface area contributed by atoms with Crippen molar-refractivity contribution in [2.24, 2.45) is 0 Å². The summed E-state index contributed by atoms with van der Waals surface area (Å²) in [5, 5.41) is 10.9. The van der Waals surface area contributed by atoms with Crippen molar-refractivity contribution < 1.29 is 9.84 Å². The number of aromatic nitrogens is 2. The van der Waals surface area contributed by atoms with E-state index in [9.17, 15) is 14.7 Å². The molecular weight excluding hydrogens is 458 g/mol. The minimum absolute atomic E-state index is 0.0345. The highest BCUT2D eigenvalue weighted by molar-refractivity contribution is 7.14. The third kappa shape index (κ3) is 5.66. The van der Waals surface area contributed by atoms with Crippen molar-refractivity contribution in [3.63, 3.8) is 0 Å². The predicted molar refractivity (Wildman–Crippen MR) is 136 cm³/mol. The molecule has 0 atom stereocenters. The third-order valence-electron chi connectivity index (χ3n) is 5.52. The summed E-state index contributed by atoms with van der Waals surface area (Å²) >= 11 is 2.95. The van der Waals surface area contributed by atoms with Crippen molar-refractivity contribution in [2.75, 3.05) is 27.2 Å². The van der Waals surface area contributed by atoms with Gasteiger partial charge in [-0.1, -0.05) is 35.9 Å². The maximum atomic E-state index is 12.8. The van der Waals surface area contributed by atoms with Gasteiger partial charge in [0, 0.05) is 19.6 Å². The van der Waals surface area contributed by atoms with E-state index in [4.69, 9.17) is 4.74 Å². The van der Waals surface area contributed by atoms with Crippen LogP contribution in [-0.2, 0) is 13.1 Å². The maximum absolute atomic E-state index is 12.8. The highest BCUT2D eigenvalue weighted by Crippen LogP contribution is 2.23. The highest BCUT2D eigenvalue weighted by Gasteiger charge is 2.10. The van der Waals surface area contributed by atoms with E-state index in [1.54, 1.807) is 16.1 Å². The fourth-order valence-electron chi connectivity index (χ4n) is 3.70. The lowest BCUT2D eigenvalue weighted by Gasteiger charge is -2.10. The molecule has 0 radical (unpaired) electrons. The minimum Gasteiger partial charge on any atom is -0.508 e. The van der Waals surface area contributed by atoms with E-state index < -0.39 is 0 Å². The van der Waals surface area contributed by atoms with E-state index >= 15 is 0 Å². The number of hydrogen-bond acceptors (Lipinski definition) is 7. The van der Waals surface area contributed by atoms with Crippen molar-refractivity contribution >= 4 is 43.2 Å². The lowest BCUT2D eigenvalue weighted by molar-refractivity contribution is 0.261. The van der Waals surface area contributed by atoms with Crippen molar-refractivity contribution in [2.45, 2.75) is 38.8 Å². The number of ether oxygens (including phenoxy) is 1. The van der Waals surface area contributed by atoms with E-state index in [-0.39, 0.29) is 16.9 Å². The van der Waals surface area contributed by atoms with Gasteiger partial charge in [-0.15, -0.1) is 0 Å². The summed E-state index contributed by atoms with van der Waals surface area (Å²) < 4.78 is 11.2. The monoisotopic (exact) mass is 487 g/mol. The summed E-state index contributed by atoms with van der Waals surface area (Å²) in [7, 11) is 4.00. The molecule has 9 heteroatoms. The van der Waals surface area contributed by atoms with Crippen LogP contribution in [0.4, 0.5) is 0 Å². The molecule has 0 aliphatic carbocycles. The normalized spacial score (nSPS) is 11.7. The SMILES string of the molecule is CN(C)CCOc1ccc2sn(CCCCCCn3sc4ccc(O)cc4c3=O)c(=O)c2c1. The molecule has 0 unspecified atom stereocenters. The summed E-state index contributed by atoms with van der Waals surface area (Å²) in [5.41, 5.74) is 0.0148. The van der Waals surface area contributed by atoms with Gasteiger partial charge in [0.25, 0.3) is 11.1 Å². The molecule has 1 N–H and O–H groups in total. The molecule has 0 fully saturated rings. The Balaban J connectivity index is 1.26. The number of unbranched alkanes of at least 4 members (excludes halogenated alkanes) is 3. The number of aromatic hydroxyl groups is 1. The van der Waals surface area contributed by atoms with E-state index in [1.165, 1.54) is 29.1 Å². The third-order valence-corrected chi connectivity index (χ3v) is 7.77. The van der Waals surface area contributed by atoms with Crippen LogP contribution in [0.2, 0.25) is 0 Å². The van der Waals surface area contributed by atoms with Crippen LogP contribution in [0.25, 0.3) is 20.2 Å². The smallest absolute Gasteiger partial charge is 0.268 e. The van der Waals surface area contributed by atoms with Crippen LogP contribution in [0.3, 0.4) is 0 Å². The van der Waals surface area contributed by atoms with Crippen LogP contribution in [0.5, 0.6) is 11.5 Å². The molecule has 0 saturated heterocycles. The molecular formula is C24H29N3O4S2. The average Bonchev–Trinajstić information content (AvgIpc) is 3.27. The van der Waals surface area contributed by atoms with Gasteiger partial charge in [0.1, 0.15) is 18.1 Å². The molecule has 33 heavy (non-hydrogen) atoms. The number of hydrogen-bond donors (Lipinski definition) is 1. The number of nitrogens with zero attached hydrogens (tertiary/aromatic N) is 3. The molecule has 0 aliphatic heterocycles. The second-order valence-electron chi connectivity index (χ2n) is 8.40. The first-order chi connectivity index (χ1) is 15.9. The van der Waals surface area contributed by atoms with Gasteiger partial charge in [-0.2, -0.15) is 0 Å². The van der Waals surface area contributed by atoms with Crippen molar-refractivity contribution in [1.82, 2.24) is 12.8 Å². The van der Waals surface area contributed by atoms with Crippen LogP contribution >= 0.6 is 23.1 Å². The second-order valence-corrected chi connectivity index (χ2v) is 10.5. The molecule has 4 rings (SSSR count). The Kier molecular flexibility index (Phi) is 7.52. The molecule has 7 nitrogen and oxygen atoms in total. The zero-order chi connectivity index (χ0) is 23.4. The zero-order valence-electron chi connectivity index (χ0n) is 19.0. The molecule has 176 valence electrons. The standard InChI is InChI=1S/C24H29N3O4S2/c1-25(2)13-14-31-18-8-10-22-20(16-18)24(30)27(33-22)12-6-4-3-5-11-26-23(29)19-15-17(28)7-9-21(19)32-26/h7-10,15-16,28H,3-6,11-14H2,1-2H3. The van der Waals surface area contributed by atoms with Crippen molar-refractivity contribution in [3.05, 3.63) is 57.1 Å². The lowest BCUT2D eigenvalue weighted by Crippen LogP contribution is -2.19. The van der Waals surface area contributed by atoms with Gasteiger partial charge in [-0.3, -0.25) is 17.5 Å². The van der Waals surface area contributed by atoms with E-state index in [0.29, 0.717) is 25.1 Å². The molecule has 0 spiro atoms. The van der Waals surface area contributed by atoms with Gasteiger partial charge in [-0.05, 0) is 63.3 Å². The first-order valence-corrected chi connectivity index (χ1v) is 12.7. The molecule has 0 amide bonds. The van der Waals surface area contributed by atoms with Crippen LogP contribution < -0.4 is 15.9 Å². The number of fused-ring (bicyclic) bond motifs is 2. The Hall–Kier alpha value is -2.62. The first-order valence-electron chi connectivity index (χ1n) is 11.2. The Morgan fingerprint density at radius 2 is 1.42 bits per heavy atom. The van der Waals surface area contributed by atoms with Crippen LogP contribution in [-0.4, -0.2) is 45.2 Å². The number of likely N-dealkylation sites (N-methyl/N-ethyl adjacent to an activating group) is 1. The number of aryl methyl sites for hydroxylation is 2. The zero-order valence-corrected chi connectivity index (χ0v) is 20.6. The molecule has 2 aromatic carbocycles. The lowest BCUT2D eigenvalue weighted by atomic mass is 10.2. The number of phenolic OH excluding ortho intramolecular Hbond substituents is 1. The van der Waals surface area contributed by atoms with Crippen molar-refractivity contribution in [3.8, 4) is 11.5 Å². The fourth-order valence-corrected chi connectivity index (χ4v) is 5.73. The predicted octanol–water partition coefficient (Wildman–Crippen LogP) is 4.35. The van der Waals surface area contributed by atoms with Crippen molar-refractivity contribution in [1.29, 1.82) is 0 Å². The van der Waals surface area contributed by atoms with Gasteiger partial charge in [0.05, 0.1) is 20.2 Å². The quantitative estimate of drug-likeness (QED) is 0.319. The van der Waals surface area contributed by atoms with Gasteiger partial charge in [0.2, 0.25) is 0 Å². The minimum atomic E-state index is -0.0345. The van der Waals surface area contributed by atoms with Gasteiger partial charge in [-0.25, -0.2) is 0 Å². The van der Waals surface area contributed by atoms with Gasteiger partial charge < -0.3 is 14.7 Å². The number of rotatable bonds is 11. The van der Waals surface area contributed by atoms with Crippen LogP contribution in [0, 0.1) is 0 Å². The molecule has 2 heterocycles. The van der Waals surface area contributed by atoms with Crippen LogP contribution in [0.1, 0.15) is 25.7 Å². The Bertz CT molecular complexity index is 1350. The summed E-state index contributed by atoms with van der Waals surface area (Å²) in [6.07, 6.45) is 3.83. The Morgan fingerprint density at radius 3 is 2.03 bits per heavy atom.